The highest BCUT2D eigenvalue weighted by molar-refractivity contribution is 4.62. The zero-order chi connectivity index (χ0) is 42.8. The fourth-order valence-electron chi connectivity index (χ4n) is 4.57. The minimum atomic E-state index is -0.224. The summed E-state index contributed by atoms with van der Waals surface area (Å²) < 4.78 is 99.4. The molecule has 0 aromatic carbocycles. The van der Waals surface area contributed by atoms with Crippen molar-refractivity contribution in [2.75, 3.05) is 246 Å². The van der Waals surface area contributed by atoms with Crippen molar-refractivity contribution in [3.05, 3.63) is 0 Å². The van der Waals surface area contributed by atoms with Crippen molar-refractivity contribution in [1.82, 2.24) is 0 Å². The van der Waals surface area contributed by atoms with Crippen molar-refractivity contribution in [3.8, 4) is 0 Å². The molecule has 19 nitrogen and oxygen atoms in total. The summed E-state index contributed by atoms with van der Waals surface area (Å²) in [5, 5.41) is 10.1. The first-order valence-corrected chi connectivity index (χ1v) is 20.9. The summed E-state index contributed by atoms with van der Waals surface area (Å²) in [6.07, 6.45) is 0. The van der Waals surface area contributed by atoms with Gasteiger partial charge in [0.2, 0.25) is 0 Å². The van der Waals surface area contributed by atoms with Gasteiger partial charge in [-0.15, -0.1) is 0 Å². The highest BCUT2D eigenvalue weighted by Gasteiger charge is 2.16. The molecule has 0 atom stereocenters. The second-order valence-electron chi connectivity index (χ2n) is 13.0. The first-order valence-electron chi connectivity index (χ1n) is 20.9. The second kappa shape index (κ2) is 51.6. The molecule has 0 aromatic rings. The molecule has 0 rings (SSSR count). The summed E-state index contributed by atoms with van der Waals surface area (Å²) in [5.41, 5.74) is 0. The molecule has 1 N–H and O–H groups in total. The molecule has 0 spiro atoms. The van der Waals surface area contributed by atoms with Gasteiger partial charge >= 0.3 is 0 Å². The first-order chi connectivity index (χ1) is 29.2. The van der Waals surface area contributed by atoms with Crippen LogP contribution in [0.5, 0.6) is 0 Å². The minimum absolute atomic E-state index is 0.0389. The quantitative estimate of drug-likeness (QED) is 0.0840. The molecule has 0 aliphatic heterocycles. The molecule has 19 heteroatoms. The van der Waals surface area contributed by atoms with Crippen LogP contribution in [-0.2, 0) is 85.3 Å². The summed E-state index contributed by atoms with van der Waals surface area (Å²) in [6.45, 7) is 14.7. The van der Waals surface area contributed by atoms with Crippen LogP contribution in [0.25, 0.3) is 0 Å². The number of rotatable bonds is 53. The summed E-state index contributed by atoms with van der Waals surface area (Å²) in [5.74, 6) is -0.302. The van der Waals surface area contributed by atoms with Gasteiger partial charge in [-0.2, -0.15) is 0 Å². The van der Waals surface area contributed by atoms with E-state index in [1.54, 1.807) is 28.4 Å². The molecule has 0 heterocycles. The van der Waals surface area contributed by atoms with Gasteiger partial charge in [0.1, 0.15) is 0 Å². The number of aliphatic hydroxyl groups excluding tert-OH is 1. The monoisotopic (exact) mass is 867 g/mol. The Bertz CT molecular complexity index is 656. The van der Waals surface area contributed by atoms with Gasteiger partial charge in [0, 0.05) is 46.2 Å². The molecular weight excluding hydrogens is 784 g/mol. The highest BCUT2D eigenvalue weighted by Crippen LogP contribution is 2.07. The molecule has 0 aliphatic rings. The third-order valence-electron chi connectivity index (χ3n) is 7.79. The number of methoxy groups -OCH3 is 4. The zero-order valence-corrected chi connectivity index (χ0v) is 36.9. The SMILES string of the molecule is COCCOCCOCCOCC(COCCOCCOCCOC)COCC(CO)COCC(COCCOCCOCCOC)COCCOCCOCCOC. The van der Waals surface area contributed by atoms with Crippen molar-refractivity contribution >= 4 is 0 Å². The van der Waals surface area contributed by atoms with E-state index in [2.05, 4.69) is 0 Å². The lowest BCUT2D eigenvalue weighted by atomic mass is 10.1. The van der Waals surface area contributed by atoms with Crippen LogP contribution in [0, 0.1) is 17.8 Å². The summed E-state index contributed by atoms with van der Waals surface area (Å²) in [6, 6.07) is 0. The van der Waals surface area contributed by atoms with Crippen molar-refractivity contribution in [2.24, 2.45) is 17.8 Å². The number of aliphatic hydroxyl groups is 1. The van der Waals surface area contributed by atoms with Crippen molar-refractivity contribution in [3.63, 3.8) is 0 Å². The standard InChI is InChI=1S/C40H82O19/c1-42-5-9-46-13-17-50-21-25-54-32-39(33-55-26-22-51-18-14-47-10-6-43-2)36-58-30-38(29-41)31-59-37-40(34-56-27-23-52-19-15-48-11-7-44-3)35-57-28-24-53-20-16-49-12-8-45-4/h38-41H,5-37H2,1-4H3. The van der Waals surface area contributed by atoms with Gasteiger partial charge in [-0.25, -0.2) is 0 Å². The normalized spacial score (nSPS) is 12.0. The van der Waals surface area contributed by atoms with E-state index in [-0.39, 0.29) is 24.4 Å². The predicted octanol–water partition coefficient (Wildman–Crippen LogP) is 0.645. The molecule has 0 aliphatic carbocycles. The maximum Gasteiger partial charge on any atom is 0.0701 e. The molecule has 0 radical (unpaired) electrons. The number of hydrogen-bond acceptors (Lipinski definition) is 19. The largest absolute Gasteiger partial charge is 0.396 e. The van der Waals surface area contributed by atoms with Crippen LogP contribution >= 0.6 is 0 Å². The maximum atomic E-state index is 10.1. The topological polar surface area (TPSA) is 186 Å². The molecule has 59 heavy (non-hydrogen) atoms. The average molecular weight is 867 g/mol. The van der Waals surface area contributed by atoms with Gasteiger partial charge in [-0.1, -0.05) is 0 Å². The fourth-order valence-corrected chi connectivity index (χ4v) is 4.57. The Kier molecular flexibility index (Phi) is 50.9. The van der Waals surface area contributed by atoms with Gasteiger partial charge in [-0.05, 0) is 0 Å². The highest BCUT2D eigenvalue weighted by atomic mass is 16.6. The molecule has 0 amide bonds. The molecule has 0 fully saturated rings. The van der Waals surface area contributed by atoms with E-state index in [1.807, 2.05) is 0 Å². The van der Waals surface area contributed by atoms with Crippen LogP contribution in [0.1, 0.15) is 0 Å². The van der Waals surface area contributed by atoms with E-state index >= 15 is 0 Å². The molecular formula is C40H82O19. The van der Waals surface area contributed by atoms with Crippen molar-refractivity contribution in [1.29, 1.82) is 0 Å². The second-order valence-corrected chi connectivity index (χ2v) is 13.0. The predicted molar refractivity (Wildman–Crippen MR) is 217 cm³/mol. The van der Waals surface area contributed by atoms with Gasteiger partial charge in [0.25, 0.3) is 0 Å². The molecule has 0 aromatic heterocycles. The molecule has 0 bridgehead atoms. The van der Waals surface area contributed by atoms with Crippen LogP contribution < -0.4 is 0 Å². The minimum Gasteiger partial charge on any atom is -0.396 e. The molecule has 0 unspecified atom stereocenters. The number of ether oxygens (including phenoxy) is 18. The zero-order valence-electron chi connectivity index (χ0n) is 36.9. The van der Waals surface area contributed by atoms with Crippen molar-refractivity contribution < 1.29 is 90.4 Å². The lowest BCUT2D eigenvalue weighted by Gasteiger charge is -2.22. The van der Waals surface area contributed by atoms with Crippen molar-refractivity contribution in [2.45, 2.75) is 0 Å². The van der Waals surface area contributed by atoms with Crippen LogP contribution in [0.2, 0.25) is 0 Å². The van der Waals surface area contributed by atoms with E-state index < -0.39 is 0 Å². The van der Waals surface area contributed by atoms with E-state index in [0.717, 1.165) is 0 Å². The molecule has 0 saturated heterocycles. The van der Waals surface area contributed by atoms with E-state index in [9.17, 15) is 5.11 Å². The fraction of sp³-hybridized carbons (Fsp3) is 1.00. The lowest BCUT2D eigenvalue weighted by Crippen LogP contribution is -2.28. The average Bonchev–Trinajstić information content (AvgIpc) is 3.25. The van der Waals surface area contributed by atoms with E-state index in [4.69, 9.17) is 85.3 Å². The summed E-state index contributed by atoms with van der Waals surface area (Å²) in [4.78, 5) is 0. The first kappa shape index (κ1) is 58.2. The summed E-state index contributed by atoms with van der Waals surface area (Å²) in [7, 11) is 6.55. The number of hydrogen-bond donors (Lipinski definition) is 1. The molecule has 0 saturated carbocycles. The smallest absolute Gasteiger partial charge is 0.0701 e. The summed E-state index contributed by atoms with van der Waals surface area (Å²) >= 11 is 0. The Morgan fingerprint density at radius 1 is 0.220 bits per heavy atom. The third kappa shape index (κ3) is 46.6. The van der Waals surface area contributed by atoms with Crippen LogP contribution in [0.15, 0.2) is 0 Å². The van der Waals surface area contributed by atoms with Gasteiger partial charge in [0.05, 0.1) is 218 Å². The maximum absolute atomic E-state index is 10.1. The van der Waals surface area contributed by atoms with Crippen LogP contribution in [0.3, 0.4) is 0 Å². The van der Waals surface area contributed by atoms with Gasteiger partial charge < -0.3 is 90.4 Å². The van der Waals surface area contributed by atoms with E-state index in [0.29, 0.717) is 211 Å². The Hall–Kier alpha value is -0.760. The molecule has 356 valence electrons. The third-order valence-corrected chi connectivity index (χ3v) is 7.79. The van der Waals surface area contributed by atoms with Gasteiger partial charge in [-0.3, -0.25) is 0 Å². The Labute approximate surface area is 354 Å². The van der Waals surface area contributed by atoms with E-state index in [1.165, 1.54) is 0 Å². The Morgan fingerprint density at radius 3 is 0.593 bits per heavy atom. The Morgan fingerprint density at radius 2 is 0.390 bits per heavy atom. The van der Waals surface area contributed by atoms with Gasteiger partial charge in [0.15, 0.2) is 0 Å². The lowest BCUT2D eigenvalue weighted by molar-refractivity contribution is -0.0578. The van der Waals surface area contributed by atoms with Crippen LogP contribution in [-0.4, -0.2) is 252 Å². The van der Waals surface area contributed by atoms with Crippen LogP contribution in [0.4, 0.5) is 0 Å². The Balaban J connectivity index is 4.67.